The average molecular weight is 195 g/mol. The van der Waals surface area contributed by atoms with Gasteiger partial charge in [0.2, 0.25) is 0 Å². The first kappa shape index (κ1) is 10.5. The maximum absolute atomic E-state index is 3.70. The topological polar surface area (TPSA) is 12.0 Å². The Bertz CT molecular complexity index is 162. The van der Waals surface area contributed by atoms with Gasteiger partial charge in [0.05, 0.1) is 0 Å². The Labute approximate surface area is 88.7 Å². The monoisotopic (exact) mass is 195 g/mol. The smallest absolute Gasteiger partial charge is 0.0156 e. The van der Waals surface area contributed by atoms with E-state index in [4.69, 9.17) is 0 Å². The molecule has 1 aliphatic heterocycles. The van der Waals surface area contributed by atoms with Gasteiger partial charge in [0.15, 0.2) is 0 Å². The van der Waals surface area contributed by atoms with Crippen molar-refractivity contribution < 1.29 is 0 Å². The van der Waals surface area contributed by atoms with Gasteiger partial charge in [0.1, 0.15) is 0 Å². The van der Waals surface area contributed by atoms with Crippen molar-refractivity contribution >= 4 is 0 Å². The van der Waals surface area contributed by atoms with Crippen LogP contribution in [0.5, 0.6) is 0 Å². The van der Waals surface area contributed by atoms with Crippen LogP contribution in [-0.4, -0.2) is 12.1 Å². The zero-order chi connectivity index (χ0) is 9.86. The molecule has 1 unspecified atom stereocenters. The molecule has 1 saturated carbocycles. The van der Waals surface area contributed by atoms with Crippen LogP contribution >= 0.6 is 0 Å². The Kier molecular flexibility index (Phi) is 3.48. The maximum atomic E-state index is 3.70. The Morgan fingerprint density at radius 1 is 1.07 bits per heavy atom. The molecule has 1 heterocycles. The number of rotatable bonds is 2. The summed E-state index contributed by atoms with van der Waals surface area (Å²) in [5, 5.41) is 3.70. The SMILES string of the molecule is CC1(CC2CCCCCC2)CCCN1. The van der Waals surface area contributed by atoms with E-state index < -0.39 is 0 Å². The van der Waals surface area contributed by atoms with Gasteiger partial charge in [-0.2, -0.15) is 0 Å². The zero-order valence-electron chi connectivity index (χ0n) is 9.65. The lowest BCUT2D eigenvalue weighted by atomic mass is 9.84. The molecule has 1 atom stereocenters. The fourth-order valence-electron chi connectivity index (χ4n) is 3.34. The summed E-state index contributed by atoms with van der Waals surface area (Å²) in [6.45, 7) is 3.69. The molecule has 0 aromatic carbocycles. The Balaban J connectivity index is 1.82. The number of hydrogen-bond acceptors (Lipinski definition) is 1. The van der Waals surface area contributed by atoms with Crippen molar-refractivity contribution in [3.63, 3.8) is 0 Å². The molecule has 0 spiro atoms. The van der Waals surface area contributed by atoms with E-state index in [0.717, 1.165) is 5.92 Å². The second kappa shape index (κ2) is 4.65. The van der Waals surface area contributed by atoms with Crippen LogP contribution in [0.3, 0.4) is 0 Å². The summed E-state index contributed by atoms with van der Waals surface area (Å²) >= 11 is 0. The molecular weight excluding hydrogens is 170 g/mol. The fraction of sp³-hybridized carbons (Fsp3) is 1.00. The second-order valence-corrected chi connectivity index (χ2v) is 5.65. The highest BCUT2D eigenvalue weighted by Gasteiger charge is 2.30. The van der Waals surface area contributed by atoms with E-state index in [1.54, 1.807) is 0 Å². The average Bonchev–Trinajstić information content (AvgIpc) is 2.43. The van der Waals surface area contributed by atoms with Crippen molar-refractivity contribution in [2.75, 3.05) is 6.54 Å². The van der Waals surface area contributed by atoms with Crippen molar-refractivity contribution in [3.8, 4) is 0 Å². The molecule has 1 aliphatic carbocycles. The van der Waals surface area contributed by atoms with Gasteiger partial charge in [0.25, 0.3) is 0 Å². The summed E-state index contributed by atoms with van der Waals surface area (Å²) in [7, 11) is 0. The number of nitrogens with one attached hydrogen (secondary N) is 1. The van der Waals surface area contributed by atoms with Crippen LogP contribution in [0.25, 0.3) is 0 Å². The van der Waals surface area contributed by atoms with Gasteiger partial charge in [-0.3, -0.25) is 0 Å². The van der Waals surface area contributed by atoms with E-state index in [-0.39, 0.29) is 0 Å². The largest absolute Gasteiger partial charge is 0.312 e. The lowest BCUT2D eigenvalue weighted by molar-refractivity contribution is 0.286. The van der Waals surface area contributed by atoms with Crippen LogP contribution in [0.4, 0.5) is 0 Å². The predicted octanol–water partition coefficient (Wildman–Crippen LogP) is 3.49. The lowest BCUT2D eigenvalue weighted by Crippen LogP contribution is -2.38. The Hall–Kier alpha value is -0.0400. The Morgan fingerprint density at radius 2 is 1.79 bits per heavy atom. The molecule has 0 aromatic heterocycles. The molecule has 1 saturated heterocycles. The minimum atomic E-state index is 0.495. The first-order valence-corrected chi connectivity index (χ1v) is 6.54. The minimum Gasteiger partial charge on any atom is -0.312 e. The van der Waals surface area contributed by atoms with E-state index in [0.29, 0.717) is 5.54 Å². The van der Waals surface area contributed by atoms with Gasteiger partial charge < -0.3 is 5.32 Å². The summed E-state index contributed by atoms with van der Waals surface area (Å²) < 4.78 is 0. The molecule has 0 radical (unpaired) electrons. The van der Waals surface area contributed by atoms with Gasteiger partial charge >= 0.3 is 0 Å². The normalized spacial score (nSPS) is 35.8. The first-order chi connectivity index (χ1) is 6.79. The molecule has 2 fully saturated rings. The van der Waals surface area contributed by atoms with E-state index in [1.807, 2.05) is 0 Å². The van der Waals surface area contributed by atoms with Crippen LogP contribution in [0.15, 0.2) is 0 Å². The third kappa shape index (κ3) is 2.73. The van der Waals surface area contributed by atoms with Gasteiger partial charge in [-0.15, -0.1) is 0 Å². The van der Waals surface area contributed by atoms with Crippen molar-refractivity contribution in [1.29, 1.82) is 0 Å². The van der Waals surface area contributed by atoms with Crippen LogP contribution in [0, 0.1) is 5.92 Å². The summed E-state index contributed by atoms with van der Waals surface area (Å²) in [5.74, 6) is 1.02. The molecule has 1 N–H and O–H groups in total. The van der Waals surface area contributed by atoms with Crippen molar-refractivity contribution in [2.45, 2.75) is 70.3 Å². The molecule has 2 rings (SSSR count). The molecule has 1 nitrogen and oxygen atoms in total. The van der Waals surface area contributed by atoms with Crippen LogP contribution in [-0.2, 0) is 0 Å². The molecule has 14 heavy (non-hydrogen) atoms. The molecule has 0 amide bonds. The van der Waals surface area contributed by atoms with Crippen molar-refractivity contribution in [2.24, 2.45) is 5.92 Å². The van der Waals surface area contributed by atoms with Crippen molar-refractivity contribution in [1.82, 2.24) is 5.32 Å². The minimum absolute atomic E-state index is 0.495. The number of hydrogen-bond donors (Lipinski definition) is 1. The van der Waals surface area contributed by atoms with Gasteiger partial charge in [-0.05, 0) is 38.6 Å². The van der Waals surface area contributed by atoms with E-state index in [1.165, 1.54) is 64.3 Å². The quantitative estimate of drug-likeness (QED) is 0.665. The predicted molar refractivity (Wildman–Crippen MR) is 61.5 cm³/mol. The third-order valence-corrected chi connectivity index (χ3v) is 4.17. The maximum Gasteiger partial charge on any atom is 0.0156 e. The summed E-state index contributed by atoms with van der Waals surface area (Å²) in [4.78, 5) is 0. The standard InChI is InChI=1S/C13H25N/c1-13(9-6-10-14-13)11-12-7-4-2-3-5-8-12/h12,14H,2-11H2,1H3. The second-order valence-electron chi connectivity index (χ2n) is 5.65. The van der Waals surface area contributed by atoms with E-state index >= 15 is 0 Å². The van der Waals surface area contributed by atoms with Crippen LogP contribution < -0.4 is 5.32 Å². The first-order valence-electron chi connectivity index (χ1n) is 6.54. The summed E-state index contributed by atoms with van der Waals surface area (Å²) in [6.07, 6.45) is 13.2. The zero-order valence-corrected chi connectivity index (χ0v) is 9.65. The molecule has 0 aromatic rings. The fourth-order valence-corrected chi connectivity index (χ4v) is 3.34. The van der Waals surface area contributed by atoms with Gasteiger partial charge in [-0.25, -0.2) is 0 Å². The van der Waals surface area contributed by atoms with Crippen LogP contribution in [0.1, 0.15) is 64.7 Å². The summed E-state index contributed by atoms with van der Waals surface area (Å²) in [6, 6.07) is 0. The molecule has 1 heteroatoms. The van der Waals surface area contributed by atoms with Crippen molar-refractivity contribution in [3.05, 3.63) is 0 Å². The third-order valence-electron chi connectivity index (χ3n) is 4.17. The van der Waals surface area contributed by atoms with E-state index in [9.17, 15) is 0 Å². The van der Waals surface area contributed by atoms with E-state index in [2.05, 4.69) is 12.2 Å². The molecular formula is C13H25N. The highest BCUT2D eigenvalue weighted by atomic mass is 15.0. The highest BCUT2D eigenvalue weighted by Crippen LogP contribution is 2.33. The molecule has 2 aliphatic rings. The van der Waals surface area contributed by atoms with Gasteiger partial charge in [0, 0.05) is 5.54 Å². The van der Waals surface area contributed by atoms with Crippen LogP contribution in [0.2, 0.25) is 0 Å². The summed E-state index contributed by atoms with van der Waals surface area (Å²) in [5.41, 5.74) is 0.495. The lowest BCUT2D eigenvalue weighted by Gasteiger charge is -2.29. The van der Waals surface area contributed by atoms with Gasteiger partial charge in [-0.1, -0.05) is 38.5 Å². The highest BCUT2D eigenvalue weighted by molar-refractivity contribution is 4.90. The molecule has 0 bridgehead atoms. The Morgan fingerprint density at radius 3 is 2.36 bits per heavy atom. The molecule has 82 valence electrons.